The third kappa shape index (κ3) is 2.65. The Morgan fingerprint density at radius 2 is 2.26 bits per heavy atom. The van der Waals surface area contributed by atoms with E-state index in [1.807, 2.05) is 0 Å². The van der Waals surface area contributed by atoms with Crippen LogP contribution in [-0.2, 0) is 11.3 Å². The number of fused-ring (bicyclic) bond motifs is 1. The maximum atomic E-state index is 10.9. The van der Waals surface area contributed by atoms with Crippen molar-refractivity contribution < 1.29 is 9.90 Å². The lowest BCUT2D eigenvalue weighted by Gasteiger charge is -2.22. The first kappa shape index (κ1) is 12.6. The lowest BCUT2D eigenvalue weighted by atomic mass is 10.1. The van der Waals surface area contributed by atoms with Gasteiger partial charge in [0.2, 0.25) is 0 Å². The molecule has 1 aliphatic rings. The molecule has 2 heterocycles. The fourth-order valence-corrected chi connectivity index (χ4v) is 3.86. The number of hydrogen-bond acceptors (Lipinski definition) is 3. The fraction of sp³-hybridized carbons (Fsp3) is 0.400. The fourth-order valence-electron chi connectivity index (χ4n) is 2.91. The quantitative estimate of drug-likeness (QED) is 0.930. The molecule has 3 rings (SSSR count). The zero-order chi connectivity index (χ0) is 13.2. The number of nitrogens with zero attached hydrogens (tertiary/aromatic N) is 1. The summed E-state index contributed by atoms with van der Waals surface area (Å²) in [4.78, 5) is 13.2. The summed E-state index contributed by atoms with van der Waals surface area (Å²) >= 11 is 1.77. The van der Waals surface area contributed by atoms with Crippen LogP contribution in [0, 0.1) is 0 Å². The third-order valence-corrected chi connectivity index (χ3v) is 4.86. The van der Waals surface area contributed by atoms with E-state index >= 15 is 0 Å². The summed E-state index contributed by atoms with van der Waals surface area (Å²) in [6.07, 6.45) is 2.39. The molecule has 1 aliphatic heterocycles. The highest BCUT2D eigenvalue weighted by molar-refractivity contribution is 7.17. The van der Waals surface area contributed by atoms with E-state index in [1.54, 1.807) is 11.3 Å². The monoisotopic (exact) mass is 275 g/mol. The van der Waals surface area contributed by atoms with Crippen molar-refractivity contribution >= 4 is 27.4 Å². The predicted molar refractivity (Wildman–Crippen MR) is 77.5 cm³/mol. The lowest BCUT2D eigenvalue weighted by molar-refractivity contribution is -0.138. The summed E-state index contributed by atoms with van der Waals surface area (Å²) in [5.41, 5.74) is 1.33. The molecule has 2 aromatic rings. The van der Waals surface area contributed by atoms with E-state index in [4.69, 9.17) is 5.11 Å². The van der Waals surface area contributed by atoms with Gasteiger partial charge in [0.15, 0.2) is 0 Å². The van der Waals surface area contributed by atoms with E-state index in [0.29, 0.717) is 0 Å². The van der Waals surface area contributed by atoms with Crippen LogP contribution in [0.1, 0.15) is 24.8 Å². The first-order valence-corrected chi connectivity index (χ1v) is 7.53. The van der Waals surface area contributed by atoms with Crippen LogP contribution in [-0.4, -0.2) is 28.6 Å². The van der Waals surface area contributed by atoms with Gasteiger partial charge in [0, 0.05) is 17.3 Å². The number of hydrogen-bond donors (Lipinski definition) is 1. The Bertz CT molecular complexity index is 593. The molecule has 0 aliphatic carbocycles. The molecule has 19 heavy (non-hydrogen) atoms. The topological polar surface area (TPSA) is 40.5 Å². The highest BCUT2D eigenvalue weighted by atomic mass is 32.1. The number of carbonyl (C=O) groups is 1. The van der Waals surface area contributed by atoms with E-state index in [2.05, 4.69) is 34.5 Å². The van der Waals surface area contributed by atoms with Gasteiger partial charge in [-0.15, -0.1) is 11.3 Å². The van der Waals surface area contributed by atoms with Crippen LogP contribution in [0.4, 0.5) is 0 Å². The predicted octanol–water partition coefficient (Wildman–Crippen LogP) is 3.34. The second-order valence-corrected chi connectivity index (χ2v) is 6.03. The maximum absolute atomic E-state index is 10.9. The van der Waals surface area contributed by atoms with Crippen LogP contribution in [0.2, 0.25) is 0 Å². The Labute approximate surface area is 116 Å². The van der Waals surface area contributed by atoms with Crippen LogP contribution < -0.4 is 0 Å². The highest BCUT2D eigenvalue weighted by Crippen LogP contribution is 2.29. The number of carboxylic acids is 1. The normalized spacial score (nSPS) is 20.1. The van der Waals surface area contributed by atoms with Crippen molar-refractivity contribution in [2.75, 3.05) is 6.54 Å². The van der Waals surface area contributed by atoms with E-state index in [0.717, 1.165) is 25.9 Å². The van der Waals surface area contributed by atoms with E-state index in [1.165, 1.54) is 15.6 Å². The number of rotatable bonds is 4. The number of likely N-dealkylation sites (tertiary alicyclic amines) is 1. The molecule has 1 fully saturated rings. The SMILES string of the molecule is O=C(O)CC1CCCN1Cc1csc2ccccc12. The van der Waals surface area contributed by atoms with Crippen molar-refractivity contribution in [3.8, 4) is 0 Å². The van der Waals surface area contributed by atoms with Crippen molar-refractivity contribution in [2.24, 2.45) is 0 Å². The van der Waals surface area contributed by atoms with Crippen molar-refractivity contribution in [3.63, 3.8) is 0 Å². The summed E-state index contributed by atoms with van der Waals surface area (Å²) in [5.74, 6) is -0.688. The van der Waals surface area contributed by atoms with E-state index < -0.39 is 5.97 Å². The first-order chi connectivity index (χ1) is 9.24. The molecule has 0 amide bonds. The summed E-state index contributed by atoms with van der Waals surface area (Å²) in [6, 6.07) is 8.63. The minimum atomic E-state index is -0.688. The van der Waals surface area contributed by atoms with Gasteiger partial charge in [-0.2, -0.15) is 0 Å². The Morgan fingerprint density at radius 1 is 1.42 bits per heavy atom. The van der Waals surface area contributed by atoms with Crippen LogP contribution in [0.25, 0.3) is 10.1 Å². The van der Waals surface area contributed by atoms with Gasteiger partial charge in [-0.25, -0.2) is 0 Å². The van der Waals surface area contributed by atoms with E-state index in [-0.39, 0.29) is 12.5 Å². The summed E-state index contributed by atoms with van der Waals surface area (Å²) in [7, 11) is 0. The Hall–Kier alpha value is -1.39. The van der Waals surface area contributed by atoms with Crippen molar-refractivity contribution in [1.82, 2.24) is 4.90 Å². The smallest absolute Gasteiger partial charge is 0.304 e. The van der Waals surface area contributed by atoms with Gasteiger partial charge < -0.3 is 5.11 Å². The van der Waals surface area contributed by atoms with Gasteiger partial charge in [0.25, 0.3) is 0 Å². The number of aliphatic carboxylic acids is 1. The van der Waals surface area contributed by atoms with Gasteiger partial charge in [-0.3, -0.25) is 9.69 Å². The van der Waals surface area contributed by atoms with Gasteiger partial charge in [0.05, 0.1) is 6.42 Å². The minimum absolute atomic E-state index is 0.205. The van der Waals surface area contributed by atoms with Crippen LogP contribution in [0.3, 0.4) is 0 Å². The van der Waals surface area contributed by atoms with Crippen LogP contribution >= 0.6 is 11.3 Å². The zero-order valence-corrected chi connectivity index (χ0v) is 11.5. The Kier molecular flexibility index (Phi) is 3.53. The number of thiophene rings is 1. The summed E-state index contributed by atoms with van der Waals surface area (Å²) in [5, 5.41) is 12.5. The van der Waals surface area contributed by atoms with Crippen LogP contribution in [0.15, 0.2) is 29.6 Å². The van der Waals surface area contributed by atoms with Crippen molar-refractivity contribution in [3.05, 3.63) is 35.2 Å². The summed E-state index contributed by atoms with van der Waals surface area (Å²) < 4.78 is 1.31. The average Bonchev–Trinajstić information content (AvgIpc) is 2.98. The molecule has 1 unspecified atom stereocenters. The molecular weight excluding hydrogens is 258 g/mol. The molecule has 1 saturated heterocycles. The molecule has 0 radical (unpaired) electrons. The third-order valence-electron chi connectivity index (χ3n) is 3.84. The number of carboxylic acid groups (broad SMARTS) is 1. The van der Waals surface area contributed by atoms with Gasteiger partial charge >= 0.3 is 5.97 Å². The Balaban J connectivity index is 1.78. The highest BCUT2D eigenvalue weighted by Gasteiger charge is 2.26. The molecule has 1 aromatic heterocycles. The Morgan fingerprint density at radius 3 is 3.11 bits per heavy atom. The molecule has 0 spiro atoms. The first-order valence-electron chi connectivity index (χ1n) is 6.65. The molecule has 3 nitrogen and oxygen atoms in total. The molecule has 0 saturated carbocycles. The molecule has 0 bridgehead atoms. The van der Waals surface area contributed by atoms with Crippen LogP contribution in [0.5, 0.6) is 0 Å². The second kappa shape index (κ2) is 5.31. The standard InChI is InChI=1S/C15H17NO2S/c17-15(18)8-12-4-3-7-16(12)9-11-10-19-14-6-2-1-5-13(11)14/h1-2,5-6,10,12H,3-4,7-9H2,(H,17,18). The average molecular weight is 275 g/mol. The molecular formula is C15H17NO2S. The summed E-state index contributed by atoms with van der Waals surface area (Å²) in [6.45, 7) is 1.89. The zero-order valence-electron chi connectivity index (χ0n) is 10.7. The second-order valence-electron chi connectivity index (χ2n) is 5.12. The van der Waals surface area contributed by atoms with Gasteiger partial charge in [-0.1, -0.05) is 18.2 Å². The molecule has 1 atom stereocenters. The van der Waals surface area contributed by atoms with Gasteiger partial charge in [-0.05, 0) is 41.8 Å². The molecule has 1 N–H and O–H groups in total. The molecule has 4 heteroatoms. The maximum Gasteiger partial charge on any atom is 0.304 e. The molecule has 100 valence electrons. The van der Waals surface area contributed by atoms with E-state index in [9.17, 15) is 4.79 Å². The van der Waals surface area contributed by atoms with Gasteiger partial charge in [0.1, 0.15) is 0 Å². The molecule has 1 aromatic carbocycles. The number of benzene rings is 1. The lowest BCUT2D eigenvalue weighted by Crippen LogP contribution is -2.30. The minimum Gasteiger partial charge on any atom is -0.481 e. The largest absolute Gasteiger partial charge is 0.481 e. The van der Waals surface area contributed by atoms with Crippen molar-refractivity contribution in [1.29, 1.82) is 0 Å². The van der Waals surface area contributed by atoms with Crippen molar-refractivity contribution in [2.45, 2.75) is 31.8 Å².